The normalized spacial score (nSPS) is 27.1. The van der Waals surface area contributed by atoms with Crippen molar-refractivity contribution in [2.75, 3.05) is 6.61 Å². The highest BCUT2D eigenvalue weighted by Crippen LogP contribution is 2.43. The number of benzene rings is 1. The van der Waals surface area contributed by atoms with Gasteiger partial charge in [0.1, 0.15) is 6.61 Å². The maximum atomic E-state index is 13.9. The molecule has 0 bridgehead atoms. The molecule has 0 aromatic heterocycles. The monoisotopic (exact) mass is 411 g/mol. The van der Waals surface area contributed by atoms with Crippen molar-refractivity contribution in [3.05, 3.63) is 41.7 Å². The summed E-state index contributed by atoms with van der Waals surface area (Å²) in [5.41, 5.74) is 0.317. The lowest BCUT2D eigenvalue weighted by atomic mass is 9.68. The Morgan fingerprint density at radius 2 is 1.93 bits per heavy atom. The third-order valence-corrected chi connectivity index (χ3v) is 7.33. The van der Waals surface area contributed by atoms with Crippen LogP contribution in [0.15, 0.2) is 30.4 Å². The summed E-state index contributed by atoms with van der Waals surface area (Å²) >= 11 is 0. The zero-order valence-electron chi connectivity index (χ0n) is 18.6. The molecule has 2 nitrogen and oxygen atoms in total. The van der Waals surface area contributed by atoms with Crippen molar-refractivity contribution in [3.63, 3.8) is 0 Å². The van der Waals surface area contributed by atoms with Crippen LogP contribution in [0.4, 0.5) is 4.39 Å². The van der Waals surface area contributed by atoms with Crippen molar-refractivity contribution in [3.8, 4) is 11.8 Å². The molecule has 0 N–H and O–H groups in total. The fourth-order valence-electron chi connectivity index (χ4n) is 5.59. The Hall–Kier alpha value is -1.82. The molecule has 0 unspecified atom stereocenters. The predicted molar refractivity (Wildman–Crippen MR) is 121 cm³/mol. The summed E-state index contributed by atoms with van der Waals surface area (Å²) in [6.45, 7) is 2.68. The zero-order valence-corrected chi connectivity index (χ0v) is 18.6. The summed E-state index contributed by atoms with van der Waals surface area (Å²) in [5, 5.41) is 8.80. The average molecular weight is 412 g/mol. The van der Waals surface area contributed by atoms with Gasteiger partial charge >= 0.3 is 0 Å². The molecule has 0 aliphatic heterocycles. The van der Waals surface area contributed by atoms with Crippen LogP contribution >= 0.6 is 0 Å². The summed E-state index contributed by atoms with van der Waals surface area (Å²) in [4.78, 5) is 0. The van der Waals surface area contributed by atoms with Crippen molar-refractivity contribution in [1.82, 2.24) is 0 Å². The summed E-state index contributed by atoms with van der Waals surface area (Å²) < 4.78 is 19.4. The van der Waals surface area contributed by atoms with Crippen LogP contribution in [0.5, 0.6) is 5.75 Å². The van der Waals surface area contributed by atoms with Gasteiger partial charge in [0.25, 0.3) is 0 Å². The van der Waals surface area contributed by atoms with E-state index in [0.717, 1.165) is 17.8 Å². The second-order valence-corrected chi connectivity index (χ2v) is 9.46. The molecule has 2 aliphatic carbocycles. The minimum absolute atomic E-state index is 0.216. The van der Waals surface area contributed by atoms with E-state index >= 15 is 0 Å². The Kier molecular flexibility index (Phi) is 9.25. The van der Waals surface area contributed by atoms with Gasteiger partial charge in [0.2, 0.25) is 0 Å². The second kappa shape index (κ2) is 12.1. The van der Waals surface area contributed by atoms with Crippen LogP contribution in [0.2, 0.25) is 0 Å². The highest BCUT2D eigenvalue weighted by Gasteiger charge is 2.30. The number of allylic oxidation sites excluding steroid dienone is 1. The van der Waals surface area contributed by atoms with Crippen LogP contribution in [-0.4, -0.2) is 6.61 Å². The fourth-order valence-corrected chi connectivity index (χ4v) is 5.59. The maximum absolute atomic E-state index is 13.9. The fraction of sp³-hybridized carbons (Fsp3) is 0.667. The zero-order chi connectivity index (χ0) is 21.2. The third-order valence-electron chi connectivity index (χ3n) is 7.33. The molecule has 2 aliphatic rings. The van der Waals surface area contributed by atoms with Crippen LogP contribution in [0.25, 0.3) is 0 Å². The van der Waals surface area contributed by atoms with Crippen molar-refractivity contribution in [2.45, 2.75) is 84.0 Å². The van der Waals surface area contributed by atoms with E-state index in [1.54, 1.807) is 6.07 Å². The van der Waals surface area contributed by atoms with E-state index in [0.29, 0.717) is 18.1 Å². The standard InChI is InChI=1S/C27H38FNO/c1-2-3-4-7-22-8-5-10-25(18-22)24-14-11-21(12-15-24)9-6-17-30-27-16-13-23(20-29)19-26(27)28/h6,9,13,16,19,21-22,24-25H,2-5,7-8,10-12,14-15,17-18H2,1H3/t21?,22-,24?,25-/m1/s1. The number of halogens is 1. The van der Waals surface area contributed by atoms with Gasteiger partial charge in [-0.3, -0.25) is 0 Å². The van der Waals surface area contributed by atoms with Crippen LogP contribution in [0, 0.1) is 40.8 Å². The lowest BCUT2D eigenvalue weighted by molar-refractivity contribution is 0.143. The molecule has 30 heavy (non-hydrogen) atoms. The molecule has 0 heterocycles. The van der Waals surface area contributed by atoms with E-state index in [2.05, 4.69) is 13.0 Å². The number of hydrogen-bond donors (Lipinski definition) is 0. The molecule has 0 saturated heterocycles. The van der Waals surface area contributed by atoms with Crippen molar-refractivity contribution in [2.24, 2.45) is 23.7 Å². The molecule has 3 heteroatoms. The lowest BCUT2D eigenvalue weighted by Gasteiger charge is -2.38. The minimum atomic E-state index is -0.469. The first-order valence-corrected chi connectivity index (χ1v) is 12.2. The van der Waals surface area contributed by atoms with E-state index in [9.17, 15) is 4.39 Å². The van der Waals surface area contributed by atoms with E-state index in [-0.39, 0.29) is 5.75 Å². The molecule has 0 amide bonds. The number of nitriles is 1. The average Bonchev–Trinajstić information content (AvgIpc) is 2.78. The Labute approximate surface area is 182 Å². The van der Waals surface area contributed by atoms with Gasteiger partial charge in [-0.2, -0.15) is 5.26 Å². The Morgan fingerprint density at radius 3 is 2.67 bits per heavy atom. The highest BCUT2D eigenvalue weighted by molar-refractivity contribution is 5.36. The molecule has 164 valence electrons. The predicted octanol–water partition coefficient (Wildman–Crippen LogP) is 7.83. The van der Waals surface area contributed by atoms with Gasteiger partial charge in [-0.05, 0) is 74.0 Å². The van der Waals surface area contributed by atoms with Crippen molar-refractivity contribution < 1.29 is 9.13 Å². The van der Waals surface area contributed by atoms with Crippen molar-refractivity contribution in [1.29, 1.82) is 5.26 Å². The van der Waals surface area contributed by atoms with Gasteiger partial charge in [0, 0.05) is 0 Å². The first kappa shape index (κ1) is 22.9. The number of nitrogens with zero attached hydrogens (tertiary/aromatic N) is 1. The summed E-state index contributed by atoms with van der Waals surface area (Å²) in [5.74, 6) is 3.29. The van der Waals surface area contributed by atoms with E-state index in [1.165, 1.54) is 89.2 Å². The maximum Gasteiger partial charge on any atom is 0.166 e. The second-order valence-electron chi connectivity index (χ2n) is 9.46. The van der Waals surface area contributed by atoms with Gasteiger partial charge in [-0.1, -0.05) is 64.0 Å². The lowest BCUT2D eigenvalue weighted by Crippen LogP contribution is -2.26. The Balaban J connectivity index is 1.36. The van der Waals surface area contributed by atoms with Crippen LogP contribution in [0.3, 0.4) is 0 Å². The molecule has 2 fully saturated rings. The first-order chi connectivity index (χ1) is 14.7. The molecule has 2 saturated carbocycles. The topological polar surface area (TPSA) is 33.0 Å². The van der Waals surface area contributed by atoms with E-state index in [1.807, 2.05) is 12.1 Å². The minimum Gasteiger partial charge on any atom is -0.486 e. The summed E-state index contributed by atoms with van der Waals surface area (Å²) in [7, 11) is 0. The Bertz CT molecular complexity index is 714. The molecule has 2 atom stereocenters. The molecular formula is C27H38FNO. The number of unbranched alkanes of at least 4 members (excludes halogenated alkanes) is 2. The largest absolute Gasteiger partial charge is 0.486 e. The third kappa shape index (κ3) is 6.86. The smallest absolute Gasteiger partial charge is 0.166 e. The van der Waals surface area contributed by atoms with Gasteiger partial charge < -0.3 is 4.74 Å². The van der Waals surface area contributed by atoms with Crippen molar-refractivity contribution >= 4 is 0 Å². The van der Waals surface area contributed by atoms with Gasteiger partial charge in [0.15, 0.2) is 11.6 Å². The van der Waals surface area contributed by atoms with E-state index in [4.69, 9.17) is 10.00 Å². The van der Waals surface area contributed by atoms with Gasteiger partial charge in [-0.15, -0.1) is 0 Å². The first-order valence-electron chi connectivity index (χ1n) is 12.2. The van der Waals surface area contributed by atoms with Crippen LogP contribution in [-0.2, 0) is 0 Å². The molecule has 1 aromatic rings. The van der Waals surface area contributed by atoms with E-state index < -0.39 is 5.82 Å². The molecule has 1 aromatic carbocycles. The summed E-state index contributed by atoms with van der Waals surface area (Å²) in [6, 6.07) is 6.28. The quantitative estimate of drug-likeness (QED) is 0.306. The number of ether oxygens (including phenoxy) is 1. The van der Waals surface area contributed by atoms with Gasteiger partial charge in [0.05, 0.1) is 11.6 Å². The van der Waals surface area contributed by atoms with Crippen LogP contribution in [0.1, 0.15) is 89.5 Å². The number of hydrogen-bond acceptors (Lipinski definition) is 2. The summed E-state index contributed by atoms with van der Waals surface area (Å²) in [6.07, 6.45) is 21.1. The molecule has 0 spiro atoms. The SMILES string of the molecule is CCCCC[C@@H]1CCC[C@@H](C2CCC(C=CCOc3ccc(C#N)cc3F)CC2)C1. The molecule has 3 rings (SSSR count). The Morgan fingerprint density at radius 1 is 1.10 bits per heavy atom. The van der Waals surface area contributed by atoms with Gasteiger partial charge in [-0.25, -0.2) is 4.39 Å². The van der Waals surface area contributed by atoms with Crippen LogP contribution < -0.4 is 4.74 Å². The highest BCUT2D eigenvalue weighted by atomic mass is 19.1. The molecular weight excluding hydrogens is 373 g/mol. The molecule has 0 radical (unpaired) electrons. The number of rotatable bonds is 9.